The van der Waals surface area contributed by atoms with Crippen molar-refractivity contribution < 1.29 is 9.18 Å². The Morgan fingerprint density at radius 3 is 2.76 bits per heavy atom. The molecule has 1 aliphatic carbocycles. The Kier molecular flexibility index (Phi) is 6.06. The van der Waals surface area contributed by atoms with Crippen LogP contribution in [-0.2, 0) is 24.8 Å². The summed E-state index contributed by atoms with van der Waals surface area (Å²) in [6, 6.07) is 10.1. The third-order valence-electron chi connectivity index (χ3n) is 7.79. The molecule has 0 atom stereocenters. The number of nitrogens with one attached hydrogen (secondary N) is 1. The van der Waals surface area contributed by atoms with E-state index in [-0.39, 0.29) is 29.4 Å². The van der Waals surface area contributed by atoms with Crippen LogP contribution in [-0.4, -0.2) is 48.1 Å². The van der Waals surface area contributed by atoms with Gasteiger partial charge < -0.3 is 11.1 Å². The molecule has 1 aromatic carbocycles. The fourth-order valence-corrected chi connectivity index (χ4v) is 5.73. The molecule has 0 radical (unpaired) electrons. The van der Waals surface area contributed by atoms with Crippen molar-refractivity contribution in [3.8, 4) is 11.3 Å². The molecule has 38 heavy (non-hydrogen) atoms. The highest BCUT2D eigenvalue weighted by Crippen LogP contribution is 2.35. The van der Waals surface area contributed by atoms with E-state index in [4.69, 9.17) is 10.7 Å². The molecule has 6 rings (SSSR count). The van der Waals surface area contributed by atoms with Gasteiger partial charge in [-0.1, -0.05) is 26.0 Å². The summed E-state index contributed by atoms with van der Waals surface area (Å²) in [5, 5.41) is 8.73. The normalized spacial score (nSPS) is 19.4. The van der Waals surface area contributed by atoms with Gasteiger partial charge in [0.15, 0.2) is 5.82 Å². The number of benzene rings is 1. The quantitative estimate of drug-likeness (QED) is 0.399. The smallest absolute Gasteiger partial charge is 0.229 e. The highest BCUT2D eigenvalue weighted by molar-refractivity contribution is 5.87. The molecule has 0 unspecified atom stereocenters. The van der Waals surface area contributed by atoms with Crippen LogP contribution in [0, 0.1) is 11.7 Å². The zero-order valence-electron chi connectivity index (χ0n) is 21.8. The molecule has 4 aromatic rings. The lowest BCUT2D eigenvalue weighted by atomic mass is 9.78. The van der Waals surface area contributed by atoms with E-state index in [1.165, 1.54) is 11.8 Å². The summed E-state index contributed by atoms with van der Waals surface area (Å²) in [7, 11) is 1.93. The van der Waals surface area contributed by atoms with E-state index in [2.05, 4.69) is 45.2 Å². The number of fused-ring (bicyclic) bond motifs is 2. The Hall–Kier alpha value is -3.92. The Morgan fingerprint density at radius 2 is 2.00 bits per heavy atom. The molecule has 2 aliphatic rings. The van der Waals surface area contributed by atoms with Crippen molar-refractivity contribution in [1.82, 2.24) is 29.6 Å². The average Bonchev–Trinajstić information content (AvgIpc) is 3.19. The molecule has 196 valence electrons. The molecule has 3 N–H and O–H groups in total. The predicted molar refractivity (Wildman–Crippen MR) is 143 cm³/mol. The largest absolute Gasteiger partial charge is 0.369 e. The number of aryl methyl sites for hydroxylation is 1. The number of halogens is 1. The molecule has 1 aliphatic heterocycles. The van der Waals surface area contributed by atoms with Gasteiger partial charge in [0.2, 0.25) is 11.9 Å². The van der Waals surface area contributed by atoms with Gasteiger partial charge in [-0.05, 0) is 42.5 Å². The lowest BCUT2D eigenvalue weighted by Crippen LogP contribution is -2.50. The van der Waals surface area contributed by atoms with Gasteiger partial charge in [-0.2, -0.15) is 5.10 Å². The van der Waals surface area contributed by atoms with Crippen LogP contribution >= 0.6 is 0 Å². The van der Waals surface area contributed by atoms with Crippen molar-refractivity contribution >= 4 is 28.6 Å². The third-order valence-corrected chi connectivity index (χ3v) is 7.79. The number of hydrogen-bond donors (Lipinski definition) is 2. The van der Waals surface area contributed by atoms with Gasteiger partial charge in [0.05, 0.1) is 11.7 Å². The van der Waals surface area contributed by atoms with Crippen molar-refractivity contribution in [1.29, 1.82) is 0 Å². The molecule has 9 nitrogen and oxygen atoms in total. The van der Waals surface area contributed by atoms with Crippen molar-refractivity contribution in [2.24, 2.45) is 18.7 Å². The van der Waals surface area contributed by atoms with Crippen molar-refractivity contribution in [2.75, 3.05) is 11.9 Å². The number of amides is 1. The van der Waals surface area contributed by atoms with E-state index in [0.29, 0.717) is 17.4 Å². The molecule has 1 fully saturated rings. The zero-order chi connectivity index (χ0) is 26.6. The molecule has 1 amide bonds. The van der Waals surface area contributed by atoms with Crippen LogP contribution in [0.15, 0.2) is 36.5 Å². The fraction of sp³-hybridized carbons (Fsp3) is 0.393. The van der Waals surface area contributed by atoms with Gasteiger partial charge in [0, 0.05) is 60.9 Å². The molecular weight excluding hydrogens is 483 g/mol. The topological polar surface area (TPSA) is 115 Å². The highest BCUT2D eigenvalue weighted by Gasteiger charge is 2.38. The molecule has 1 saturated carbocycles. The summed E-state index contributed by atoms with van der Waals surface area (Å²) in [5.41, 5.74) is 10.5. The second-order valence-electron chi connectivity index (χ2n) is 10.7. The van der Waals surface area contributed by atoms with Gasteiger partial charge in [-0.15, -0.1) is 0 Å². The molecule has 3 aromatic heterocycles. The number of pyridine rings is 1. The van der Waals surface area contributed by atoms with E-state index in [9.17, 15) is 9.18 Å². The van der Waals surface area contributed by atoms with Gasteiger partial charge in [0.1, 0.15) is 11.5 Å². The molecular formula is C28H31FN8O. The average molecular weight is 515 g/mol. The number of carbonyl (C=O) groups is 1. The van der Waals surface area contributed by atoms with Crippen molar-refractivity contribution in [2.45, 2.75) is 51.6 Å². The third kappa shape index (κ3) is 4.38. The SMILES string of the molecule is CC(C)c1c2cc(-c3nc(Nc4ccc5c(n4)CCN(C4CC(C(N)=O)C4)C5)ncc3F)ccc2nn1C. The molecule has 4 heterocycles. The summed E-state index contributed by atoms with van der Waals surface area (Å²) in [6.45, 7) is 5.94. The number of nitrogens with zero attached hydrogens (tertiary/aromatic N) is 6. The summed E-state index contributed by atoms with van der Waals surface area (Å²) in [6.07, 6.45) is 3.69. The fourth-order valence-electron chi connectivity index (χ4n) is 5.73. The summed E-state index contributed by atoms with van der Waals surface area (Å²) >= 11 is 0. The second kappa shape index (κ2) is 9.43. The highest BCUT2D eigenvalue weighted by atomic mass is 19.1. The van der Waals surface area contributed by atoms with Gasteiger partial charge in [-0.25, -0.2) is 19.3 Å². The lowest BCUT2D eigenvalue weighted by Gasteiger charge is -2.43. The van der Waals surface area contributed by atoms with Crippen LogP contribution in [0.2, 0.25) is 0 Å². The van der Waals surface area contributed by atoms with Crippen molar-refractivity contribution in [3.05, 3.63) is 59.3 Å². The van der Waals surface area contributed by atoms with E-state index in [1.807, 2.05) is 36.0 Å². The van der Waals surface area contributed by atoms with Crippen LogP contribution in [0.4, 0.5) is 16.2 Å². The van der Waals surface area contributed by atoms with Crippen LogP contribution < -0.4 is 11.1 Å². The zero-order valence-corrected chi connectivity index (χ0v) is 21.8. The second-order valence-corrected chi connectivity index (χ2v) is 10.7. The van der Waals surface area contributed by atoms with Crippen LogP contribution in [0.5, 0.6) is 0 Å². The Balaban J connectivity index is 1.21. The maximum absolute atomic E-state index is 14.9. The molecule has 0 saturated heterocycles. The number of hydrogen-bond acceptors (Lipinski definition) is 7. The van der Waals surface area contributed by atoms with E-state index >= 15 is 0 Å². The minimum absolute atomic E-state index is 0.00947. The first-order valence-corrected chi connectivity index (χ1v) is 13.1. The summed E-state index contributed by atoms with van der Waals surface area (Å²) in [4.78, 5) is 27.2. The van der Waals surface area contributed by atoms with Crippen LogP contribution in [0.3, 0.4) is 0 Å². The minimum atomic E-state index is -0.488. The lowest BCUT2D eigenvalue weighted by molar-refractivity contribution is -0.126. The number of carbonyl (C=O) groups excluding carboxylic acids is 1. The molecule has 0 spiro atoms. The summed E-state index contributed by atoms with van der Waals surface area (Å²) < 4.78 is 16.8. The van der Waals surface area contributed by atoms with E-state index in [1.54, 1.807) is 0 Å². The number of anilines is 2. The Labute approximate surface area is 220 Å². The maximum Gasteiger partial charge on any atom is 0.229 e. The van der Waals surface area contributed by atoms with Gasteiger partial charge >= 0.3 is 0 Å². The van der Waals surface area contributed by atoms with Gasteiger partial charge in [-0.3, -0.25) is 14.4 Å². The first-order chi connectivity index (χ1) is 18.3. The van der Waals surface area contributed by atoms with Crippen molar-refractivity contribution in [3.63, 3.8) is 0 Å². The molecule has 0 bridgehead atoms. The predicted octanol–water partition coefficient (Wildman–Crippen LogP) is 4.05. The number of nitrogens with two attached hydrogens (primary N) is 1. The van der Waals surface area contributed by atoms with Crippen LogP contribution in [0.1, 0.15) is 49.6 Å². The first-order valence-electron chi connectivity index (χ1n) is 13.1. The van der Waals surface area contributed by atoms with Gasteiger partial charge in [0.25, 0.3) is 0 Å². The maximum atomic E-state index is 14.9. The molecule has 10 heteroatoms. The standard InChI is InChI=1S/C28H31FN8O/c1-15(2)26-20-12-16(4-6-23(20)35-36(26)3)25-21(29)13-31-28(34-25)33-24-7-5-17-14-37(9-8-22(17)32-24)19-10-18(11-19)27(30)38/h4-7,12-13,15,18-19H,8-11,14H2,1-3H3,(H2,30,38)(H,31,32,33,34). The number of aromatic nitrogens is 5. The Bertz CT molecular complexity index is 1540. The minimum Gasteiger partial charge on any atom is -0.369 e. The monoisotopic (exact) mass is 514 g/mol. The summed E-state index contributed by atoms with van der Waals surface area (Å²) in [5.74, 6) is 0.509. The number of rotatable bonds is 6. The first kappa shape index (κ1) is 24.4. The van der Waals surface area contributed by atoms with E-state index in [0.717, 1.165) is 54.6 Å². The number of primary amides is 1. The van der Waals surface area contributed by atoms with Crippen LogP contribution in [0.25, 0.3) is 22.2 Å². The Morgan fingerprint density at radius 1 is 1.18 bits per heavy atom. The van der Waals surface area contributed by atoms with E-state index < -0.39 is 5.82 Å².